The summed E-state index contributed by atoms with van der Waals surface area (Å²) < 4.78 is 6.29. The third-order valence-electron chi connectivity index (χ3n) is 6.50. The van der Waals surface area contributed by atoms with Crippen LogP contribution < -0.4 is 15.1 Å². The molecule has 1 aliphatic heterocycles. The number of carbonyl (C=O) groups excluding carboxylic acids is 1. The van der Waals surface area contributed by atoms with Crippen LogP contribution in [0.25, 0.3) is 0 Å². The van der Waals surface area contributed by atoms with Gasteiger partial charge in [-0.2, -0.15) is 4.98 Å². The fourth-order valence-electron chi connectivity index (χ4n) is 4.34. The van der Waals surface area contributed by atoms with Gasteiger partial charge in [0.05, 0.1) is 12.7 Å². The fraction of sp³-hybridized carbons (Fsp3) is 0.357. The molecule has 0 spiro atoms. The van der Waals surface area contributed by atoms with Crippen LogP contribution in [0.1, 0.15) is 40.9 Å². The number of rotatable bonds is 10. The van der Waals surface area contributed by atoms with Gasteiger partial charge < -0.3 is 29.9 Å². The van der Waals surface area contributed by atoms with E-state index in [-0.39, 0.29) is 12.0 Å². The minimum atomic E-state index is -0.970. The molecule has 2 heterocycles. The van der Waals surface area contributed by atoms with Crippen molar-refractivity contribution in [3.63, 3.8) is 0 Å². The third kappa shape index (κ3) is 6.38. The van der Waals surface area contributed by atoms with Crippen LogP contribution >= 0.6 is 0 Å². The molecule has 2 amide bonds. The molecule has 3 aromatic rings. The lowest BCUT2D eigenvalue weighted by Gasteiger charge is -2.23. The molecular weight excluding hydrogens is 484 g/mol. The number of amides is 2. The summed E-state index contributed by atoms with van der Waals surface area (Å²) in [5.74, 6) is 0.963. The zero-order valence-electron chi connectivity index (χ0n) is 22.0. The maximum Gasteiger partial charge on any atom is 0.407 e. The number of nitrogens with zero attached hydrogens (tertiary/aromatic N) is 5. The standard InChI is InChI=1S/C28H34N6O4/c1-4-29-27-30-18-23-25(31-27)32(2)15-16-34(26(23)35)22-12-8-9-20(17-22)19-38-24(13-14-33(3)28(36)37)21-10-6-5-7-11-21/h5-12,17-18,24H,4,13-16,19H2,1-3H3,(H,36,37)(H,29,30,31). The van der Waals surface area contributed by atoms with E-state index in [9.17, 15) is 14.7 Å². The first-order valence-electron chi connectivity index (χ1n) is 12.7. The van der Waals surface area contributed by atoms with Gasteiger partial charge in [-0.05, 0) is 36.6 Å². The quantitative estimate of drug-likeness (QED) is 0.410. The molecule has 1 aromatic heterocycles. The van der Waals surface area contributed by atoms with Gasteiger partial charge >= 0.3 is 6.09 Å². The molecule has 200 valence electrons. The topological polar surface area (TPSA) is 111 Å². The van der Waals surface area contributed by atoms with E-state index in [1.54, 1.807) is 18.1 Å². The Morgan fingerprint density at radius 1 is 1.18 bits per heavy atom. The summed E-state index contributed by atoms with van der Waals surface area (Å²) in [5, 5.41) is 12.3. The van der Waals surface area contributed by atoms with E-state index < -0.39 is 6.09 Å². The number of carbonyl (C=O) groups is 2. The average molecular weight is 519 g/mol. The van der Waals surface area contributed by atoms with E-state index in [1.165, 1.54) is 4.90 Å². The molecule has 10 heteroatoms. The summed E-state index contributed by atoms with van der Waals surface area (Å²) in [5.41, 5.74) is 3.14. The summed E-state index contributed by atoms with van der Waals surface area (Å²) in [6, 6.07) is 17.5. The van der Waals surface area contributed by atoms with Crippen molar-refractivity contribution in [3.05, 3.63) is 77.5 Å². The molecule has 0 bridgehead atoms. The van der Waals surface area contributed by atoms with E-state index in [0.717, 1.165) is 16.8 Å². The number of anilines is 3. The fourth-order valence-corrected chi connectivity index (χ4v) is 4.34. The first-order valence-corrected chi connectivity index (χ1v) is 12.7. The van der Waals surface area contributed by atoms with Crippen LogP contribution in [0.4, 0.5) is 22.2 Å². The van der Waals surface area contributed by atoms with Gasteiger partial charge in [-0.1, -0.05) is 42.5 Å². The maximum atomic E-state index is 13.5. The van der Waals surface area contributed by atoms with Crippen molar-refractivity contribution >= 4 is 29.5 Å². The SMILES string of the molecule is CCNc1ncc2c(n1)N(C)CCN(c1cccc(COC(CCN(C)C(=O)O)c3ccccc3)c1)C2=O. The number of likely N-dealkylation sites (N-methyl/N-ethyl adjacent to an activating group) is 1. The molecule has 1 unspecified atom stereocenters. The van der Waals surface area contributed by atoms with Crippen molar-refractivity contribution < 1.29 is 19.4 Å². The largest absolute Gasteiger partial charge is 0.465 e. The van der Waals surface area contributed by atoms with Gasteiger partial charge in [0.25, 0.3) is 5.91 Å². The molecule has 0 aliphatic carbocycles. The highest BCUT2D eigenvalue weighted by molar-refractivity contribution is 6.09. The third-order valence-corrected chi connectivity index (χ3v) is 6.50. The van der Waals surface area contributed by atoms with Crippen LogP contribution in [-0.4, -0.2) is 72.2 Å². The molecule has 1 aliphatic rings. The second-order valence-electron chi connectivity index (χ2n) is 9.21. The van der Waals surface area contributed by atoms with E-state index >= 15 is 0 Å². The highest BCUT2D eigenvalue weighted by Gasteiger charge is 2.28. The zero-order valence-corrected chi connectivity index (χ0v) is 22.0. The highest BCUT2D eigenvalue weighted by Crippen LogP contribution is 2.28. The van der Waals surface area contributed by atoms with Crippen LogP contribution in [0.5, 0.6) is 0 Å². The Labute approximate surface area is 222 Å². The van der Waals surface area contributed by atoms with Crippen LogP contribution in [0.3, 0.4) is 0 Å². The van der Waals surface area contributed by atoms with Gasteiger partial charge in [-0.3, -0.25) is 4.79 Å². The lowest BCUT2D eigenvalue weighted by atomic mass is 10.1. The minimum Gasteiger partial charge on any atom is -0.465 e. The van der Waals surface area contributed by atoms with Crippen molar-refractivity contribution in [2.75, 3.05) is 55.4 Å². The van der Waals surface area contributed by atoms with E-state index in [0.29, 0.717) is 56.5 Å². The van der Waals surface area contributed by atoms with Crippen LogP contribution in [0, 0.1) is 0 Å². The van der Waals surface area contributed by atoms with Crippen molar-refractivity contribution in [1.29, 1.82) is 0 Å². The number of hydrogen-bond acceptors (Lipinski definition) is 7. The molecule has 2 aromatic carbocycles. The van der Waals surface area contributed by atoms with Crippen molar-refractivity contribution in [2.45, 2.75) is 26.1 Å². The summed E-state index contributed by atoms with van der Waals surface area (Å²) >= 11 is 0. The molecule has 10 nitrogen and oxygen atoms in total. The van der Waals surface area contributed by atoms with E-state index in [1.807, 2.05) is 73.5 Å². The Hall–Kier alpha value is -4.18. The predicted octanol–water partition coefficient (Wildman–Crippen LogP) is 4.26. The highest BCUT2D eigenvalue weighted by atomic mass is 16.5. The van der Waals surface area contributed by atoms with Gasteiger partial charge in [-0.25, -0.2) is 9.78 Å². The van der Waals surface area contributed by atoms with E-state index in [2.05, 4.69) is 15.3 Å². The number of benzene rings is 2. The van der Waals surface area contributed by atoms with Gasteiger partial charge in [0.1, 0.15) is 11.4 Å². The number of ether oxygens (including phenoxy) is 1. The Morgan fingerprint density at radius 2 is 1.97 bits per heavy atom. The van der Waals surface area contributed by atoms with Crippen LogP contribution in [0.2, 0.25) is 0 Å². The number of nitrogens with one attached hydrogen (secondary N) is 1. The number of aromatic nitrogens is 2. The average Bonchev–Trinajstić information content (AvgIpc) is 3.05. The van der Waals surface area contributed by atoms with Gasteiger partial charge in [0.15, 0.2) is 0 Å². The molecule has 38 heavy (non-hydrogen) atoms. The van der Waals surface area contributed by atoms with Crippen LogP contribution in [0.15, 0.2) is 60.8 Å². The van der Waals surface area contributed by atoms with Gasteiger partial charge in [-0.15, -0.1) is 0 Å². The van der Waals surface area contributed by atoms with Crippen molar-refractivity contribution in [3.8, 4) is 0 Å². The van der Waals surface area contributed by atoms with Crippen molar-refractivity contribution in [1.82, 2.24) is 14.9 Å². The molecule has 0 saturated carbocycles. The maximum absolute atomic E-state index is 13.5. The lowest BCUT2D eigenvalue weighted by molar-refractivity contribution is 0.0288. The Morgan fingerprint density at radius 3 is 2.71 bits per heavy atom. The summed E-state index contributed by atoms with van der Waals surface area (Å²) in [6.45, 7) is 4.45. The minimum absolute atomic E-state index is 0.149. The molecule has 0 saturated heterocycles. The number of fused-ring (bicyclic) bond motifs is 1. The zero-order chi connectivity index (χ0) is 27.1. The Balaban J connectivity index is 1.51. The lowest BCUT2D eigenvalue weighted by Crippen LogP contribution is -2.33. The molecule has 2 N–H and O–H groups in total. The van der Waals surface area contributed by atoms with E-state index in [4.69, 9.17) is 4.74 Å². The summed E-state index contributed by atoms with van der Waals surface area (Å²) in [7, 11) is 3.47. The molecule has 0 fully saturated rings. The molecular formula is C28H34N6O4. The molecule has 1 atom stereocenters. The monoisotopic (exact) mass is 518 g/mol. The number of hydrogen-bond donors (Lipinski definition) is 2. The predicted molar refractivity (Wildman–Crippen MR) is 147 cm³/mol. The Kier molecular flexibility index (Phi) is 8.75. The second-order valence-corrected chi connectivity index (χ2v) is 9.21. The first kappa shape index (κ1) is 26.9. The Bertz CT molecular complexity index is 1260. The second kappa shape index (κ2) is 12.4. The first-order chi connectivity index (χ1) is 18.4. The number of carboxylic acid groups (broad SMARTS) is 1. The molecule has 4 rings (SSSR count). The van der Waals surface area contributed by atoms with Gasteiger partial charge in [0.2, 0.25) is 5.95 Å². The summed E-state index contributed by atoms with van der Waals surface area (Å²) in [4.78, 5) is 38.6. The summed E-state index contributed by atoms with van der Waals surface area (Å²) in [6.07, 6.45) is 0.866. The van der Waals surface area contributed by atoms with Crippen LogP contribution in [-0.2, 0) is 11.3 Å². The smallest absolute Gasteiger partial charge is 0.407 e. The normalized spacial score (nSPS) is 14.0. The van der Waals surface area contributed by atoms with Gasteiger partial charge in [0, 0.05) is 52.2 Å². The van der Waals surface area contributed by atoms with Crippen molar-refractivity contribution in [2.24, 2.45) is 0 Å². The molecule has 0 radical (unpaired) electrons.